The van der Waals surface area contributed by atoms with Crippen LogP contribution >= 0.6 is 0 Å². The Morgan fingerprint density at radius 3 is 2.63 bits per heavy atom. The third-order valence-electron chi connectivity index (χ3n) is 2.65. The van der Waals surface area contributed by atoms with Gasteiger partial charge in [0.15, 0.2) is 6.61 Å². The van der Waals surface area contributed by atoms with Crippen LogP contribution in [0.1, 0.15) is 38.7 Å². The molecule has 0 saturated carbocycles. The summed E-state index contributed by atoms with van der Waals surface area (Å²) in [4.78, 5) is 11.5. The van der Waals surface area contributed by atoms with E-state index in [1.54, 1.807) is 0 Å². The molecular weight excluding hydrogens is 240 g/mol. The second-order valence-corrected chi connectivity index (χ2v) is 4.59. The molecule has 1 N–H and O–H groups in total. The first kappa shape index (κ1) is 15.2. The smallest absolute Gasteiger partial charge is 0.277 e. The minimum atomic E-state index is -0.239. The number of ether oxygens (including phenoxy) is 1. The van der Waals surface area contributed by atoms with Gasteiger partial charge in [-0.3, -0.25) is 4.79 Å². The summed E-state index contributed by atoms with van der Waals surface area (Å²) in [6.07, 6.45) is 3.12. The van der Waals surface area contributed by atoms with Crippen molar-refractivity contribution < 1.29 is 9.53 Å². The molecule has 0 aliphatic rings. The van der Waals surface area contributed by atoms with Crippen molar-refractivity contribution in [1.29, 1.82) is 0 Å². The summed E-state index contributed by atoms with van der Waals surface area (Å²) in [5.41, 5.74) is 4.59. The number of hydrogen-bond acceptors (Lipinski definition) is 3. The zero-order valence-corrected chi connectivity index (χ0v) is 11.9. The minimum Gasteiger partial charge on any atom is -0.484 e. The van der Waals surface area contributed by atoms with Gasteiger partial charge in [-0.2, -0.15) is 5.10 Å². The van der Waals surface area contributed by atoms with E-state index < -0.39 is 0 Å². The van der Waals surface area contributed by atoms with Gasteiger partial charge in [-0.25, -0.2) is 5.43 Å². The molecule has 1 aromatic rings. The van der Waals surface area contributed by atoms with Gasteiger partial charge in [-0.05, 0) is 38.8 Å². The fraction of sp³-hybridized carbons (Fsp3) is 0.467. The molecule has 0 heterocycles. The summed E-state index contributed by atoms with van der Waals surface area (Å²) < 4.78 is 5.35. The number of hydrazone groups is 1. The van der Waals surface area contributed by atoms with Crippen LogP contribution < -0.4 is 10.2 Å². The van der Waals surface area contributed by atoms with Gasteiger partial charge in [0.1, 0.15) is 5.75 Å². The average molecular weight is 262 g/mol. The Kier molecular flexibility index (Phi) is 6.64. The Balaban J connectivity index is 2.29. The van der Waals surface area contributed by atoms with Crippen molar-refractivity contribution in [3.8, 4) is 5.75 Å². The van der Waals surface area contributed by atoms with E-state index in [9.17, 15) is 4.79 Å². The van der Waals surface area contributed by atoms with Gasteiger partial charge in [-0.15, -0.1) is 0 Å². The predicted octanol–water partition coefficient (Wildman–Crippen LogP) is 3.06. The quantitative estimate of drug-likeness (QED) is 0.606. The van der Waals surface area contributed by atoms with Crippen molar-refractivity contribution in [1.82, 2.24) is 5.43 Å². The highest BCUT2D eigenvalue weighted by molar-refractivity contribution is 5.84. The molecule has 0 saturated heterocycles. The molecule has 4 nitrogen and oxygen atoms in total. The summed E-state index contributed by atoms with van der Waals surface area (Å²) in [6.45, 7) is 6.02. The zero-order chi connectivity index (χ0) is 14.1. The predicted molar refractivity (Wildman–Crippen MR) is 77.5 cm³/mol. The molecule has 0 aliphatic carbocycles. The van der Waals surface area contributed by atoms with E-state index in [1.165, 1.54) is 0 Å². The van der Waals surface area contributed by atoms with Gasteiger partial charge in [0.25, 0.3) is 5.91 Å². The number of amides is 1. The van der Waals surface area contributed by atoms with Gasteiger partial charge in [0.2, 0.25) is 0 Å². The van der Waals surface area contributed by atoms with Crippen LogP contribution in [0.15, 0.2) is 29.4 Å². The summed E-state index contributed by atoms with van der Waals surface area (Å²) in [5.74, 6) is 0.448. The molecule has 104 valence electrons. The molecule has 0 aromatic heterocycles. The van der Waals surface area contributed by atoms with E-state index >= 15 is 0 Å². The number of rotatable bonds is 7. The third kappa shape index (κ3) is 6.60. The molecule has 19 heavy (non-hydrogen) atoms. The first-order chi connectivity index (χ1) is 9.11. The highest BCUT2D eigenvalue weighted by Crippen LogP contribution is 2.10. The van der Waals surface area contributed by atoms with Gasteiger partial charge in [0, 0.05) is 5.71 Å². The third-order valence-corrected chi connectivity index (χ3v) is 2.65. The number of unbranched alkanes of at least 4 members (excludes halogenated alkanes) is 1. The van der Waals surface area contributed by atoms with E-state index in [2.05, 4.69) is 17.5 Å². The average Bonchev–Trinajstić information content (AvgIpc) is 2.42. The molecule has 0 spiro atoms. The van der Waals surface area contributed by atoms with Crippen LogP contribution in [0, 0.1) is 6.92 Å². The van der Waals surface area contributed by atoms with Crippen LogP contribution in [-0.4, -0.2) is 18.2 Å². The number of nitrogens with zero attached hydrogens (tertiary/aromatic N) is 1. The van der Waals surface area contributed by atoms with E-state index in [0.29, 0.717) is 5.75 Å². The van der Waals surface area contributed by atoms with Crippen molar-refractivity contribution in [2.45, 2.75) is 40.0 Å². The lowest BCUT2D eigenvalue weighted by Crippen LogP contribution is -2.25. The SMILES string of the molecule is CCCC/C(C)=N/NC(=O)COc1ccc(C)cc1. The maximum absolute atomic E-state index is 11.5. The van der Waals surface area contributed by atoms with Gasteiger partial charge < -0.3 is 4.74 Å². The van der Waals surface area contributed by atoms with Crippen molar-refractivity contribution in [2.24, 2.45) is 5.10 Å². The molecule has 1 rings (SSSR count). The standard InChI is InChI=1S/C15H22N2O2/c1-4-5-6-13(3)16-17-15(18)11-19-14-9-7-12(2)8-10-14/h7-10H,4-6,11H2,1-3H3,(H,17,18)/b16-13+. The summed E-state index contributed by atoms with van der Waals surface area (Å²) in [7, 11) is 0. The first-order valence-electron chi connectivity index (χ1n) is 6.63. The minimum absolute atomic E-state index is 0.0202. The maximum atomic E-state index is 11.5. The molecule has 0 bridgehead atoms. The van der Waals surface area contributed by atoms with Crippen molar-refractivity contribution in [3.05, 3.63) is 29.8 Å². The van der Waals surface area contributed by atoms with Crippen LogP contribution in [0.2, 0.25) is 0 Å². The Morgan fingerprint density at radius 1 is 1.32 bits per heavy atom. The molecule has 0 unspecified atom stereocenters. The second kappa shape index (κ2) is 8.29. The first-order valence-corrected chi connectivity index (χ1v) is 6.63. The van der Waals surface area contributed by atoms with Crippen LogP contribution in [-0.2, 0) is 4.79 Å². The molecule has 0 atom stereocenters. The number of carbonyl (C=O) groups excluding carboxylic acids is 1. The van der Waals surface area contributed by atoms with Crippen molar-refractivity contribution in [3.63, 3.8) is 0 Å². The topological polar surface area (TPSA) is 50.7 Å². The molecule has 0 radical (unpaired) electrons. The summed E-state index contributed by atoms with van der Waals surface area (Å²) in [5, 5.41) is 4.03. The van der Waals surface area contributed by atoms with Crippen LogP contribution in [0.25, 0.3) is 0 Å². The zero-order valence-electron chi connectivity index (χ0n) is 11.9. The summed E-state index contributed by atoms with van der Waals surface area (Å²) in [6, 6.07) is 7.58. The number of nitrogens with one attached hydrogen (secondary N) is 1. The van der Waals surface area contributed by atoms with E-state index in [-0.39, 0.29) is 12.5 Å². The van der Waals surface area contributed by atoms with Gasteiger partial charge in [0.05, 0.1) is 0 Å². The van der Waals surface area contributed by atoms with E-state index in [4.69, 9.17) is 4.74 Å². The molecular formula is C15H22N2O2. The highest BCUT2D eigenvalue weighted by Gasteiger charge is 2.01. The van der Waals surface area contributed by atoms with Crippen molar-refractivity contribution >= 4 is 11.6 Å². The normalized spacial score (nSPS) is 11.2. The van der Waals surface area contributed by atoms with Gasteiger partial charge >= 0.3 is 0 Å². The monoisotopic (exact) mass is 262 g/mol. The van der Waals surface area contributed by atoms with E-state index in [1.807, 2.05) is 38.1 Å². The van der Waals surface area contributed by atoms with Crippen molar-refractivity contribution in [2.75, 3.05) is 6.61 Å². The number of benzene rings is 1. The number of aryl methyl sites for hydroxylation is 1. The lowest BCUT2D eigenvalue weighted by molar-refractivity contribution is -0.123. The Bertz CT molecular complexity index is 424. The molecule has 1 aromatic carbocycles. The lowest BCUT2D eigenvalue weighted by Gasteiger charge is -2.05. The molecule has 0 fully saturated rings. The number of carbonyl (C=O) groups is 1. The van der Waals surface area contributed by atoms with Crippen LogP contribution in [0.4, 0.5) is 0 Å². The van der Waals surface area contributed by atoms with Crippen LogP contribution in [0.5, 0.6) is 5.75 Å². The second-order valence-electron chi connectivity index (χ2n) is 4.59. The van der Waals surface area contributed by atoms with Gasteiger partial charge in [-0.1, -0.05) is 31.0 Å². The maximum Gasteiger partial charge on any atom is 0.277 e. The molecule has 4 heteroatoms. The van der Waals surface area contributed by atoms with Crippen LogP contribution in [0.3, 0.4) is 0 Å². The number of hydrogen-bond donors (Lipinski definition) is 1. The largest absolute Gasteiger partial charge is 0.484 e. The van der Waals surface area contributed by atoms with E-state index in [0.717, 1.165) is 30.5 Å². The fourth-order valence-electron chi connectivity index (χ4n) is 1.46. The Labute approximate surface area is 114 Å². The Morgan fingerprint density at radius 2 is 2.00 bits per heavy atom. The lowest BCUT2D eigenvalue weighted by atomic mass is 10.2. The highest BCUT2D eigenvalue weighted by atomic mass is 16.5. The molecule has 0 aliphatic heterocycles. The summed E-state index contributed by atoms with van der Waals surface area (Å²) >= 11 is 0. The molecule has 1 amide bonds. The Hall–Kier alpha value is -1.84. The fourth-order valence-corrected chi connectivity index (χ4v) is 1.46.